The average Bonchev–Trinajstić information content (AvgIpc) is 3.22. The van der Waals surface area contributed by atoms with Crippen molar-refractivity contribution >= 4 is 23.4 Å². The highest BCUT2D eigenvalue weighted by atomic mass is 16.5. The number of allylic oxidation sites excluding steroid dienone is 4. The molecule has 0 bridgehead atoms. The van der Waals surface area contributed by atoms with Crippen molar-refractivity contribution in [3.05, 3.63) is 59.7 Å². The third-order valence-corrected chi connectivity index (χ3v) is 10.6. The lowest BCUT2D eigenvalue weighted by molar-refractivity contribution is -0.181. The number of rotatable bonds is 9. The largest absolute Gasteiger partial charge is 0.458 e. The standard InChI is InChI=1S/C33H41NO7/c1-31-15-12-23(35)18-22(31)8-9-24-25-13-16-33(40,32(25,2)19-26(36)30(24)31)27(37)20-41-29(39)11-10-28(38)34-17-14-21-6-4-3-5-7-21/h3-7,12,15,18,24-26,30,36,40H,8-11,13-14,16-17,19-20H2,1-2H3,(H,34,38)/t24-,25+,26-,30-,31-,32-,33-/m0/s1. The maximum atomic E-state index is 13.4. The summed E-state index contributed by atoms with van der Waals surface area (Å²) in [5, 5.41) is 26.1. The van der Waals surface area contributed by atoms with Gasteiger partial charge in [0.05, 0.1) is 12.5 Å². The van der Waals surface area contributed by atoms with Gasteiger partial charge in [0.15, 0.2) is 12.4 Å². The zero-order valence-corrected chi connectivity index (χ0v) is 23.9. The van der Waals surface area contributed by atoms with Gasteiger partial charge in [0, 0.05) is 29.7 Å². The number of esters is 1. The van der Waals surface area contributed by atoms with Gasteiger partial charge in [-0.3, -0.25) is 19.2 Å². The third kappa shape index (κ3) is 5.32. The van der Waals surface area contributed by atoms with Crippen molar-refractivity contribution in [2.45, 2.75) is 76.9 Å². The molecule has 41 heavy (non-hydrogen) atoms. The van der Waals surface area contributed by atoms with E-state index in [1.807, 2.05) is 43.3 Å². The highest BCUT2D eigenvalue weighted by Crippen LogP contribution is 2.67. The van der Waals surface area contributed by atoms with Crippen molar-refractivity contribution in [2.24, 2.45) is 28.6 Å². The number of Topliss-reactive ketones (excluding diaryl/α,β-unsaturated/α-hetero) is 1. The van der Waals surface area contributed by atoms with Gasteiger partial charge in [0.25, 0.3) is 0 Å². The van der Waals surface area contributed by atoms with Crippen LogP contribution in [-0.2, 0) is 30.3 Å². The second kappa shape index (κ2) is 11.3. The van der Waals surface area contributed by atoms with Crippen molar-refractivity contribution in [1.82, 2.24) is 5.32 Å². The summed E-state index contributed by atoms with van der Waals surface area (Å²) in [6.07, 6.45) is 7.63. The summed E-state index contributed by atoms with van der Waals surface area (Å²) in [5.41, 5.74) is -0.842. The van der Waals surface area contributed by atoms with Crippen molar-refractivity contribution in [3.8, 4) is 0 Å². The number of nitrogens with one attached hydrogen (secondary N) is 1. The summed E-state index contributed by atoms with van der Waals surface area (Å²) >= 11 is 0. The van der Waals surface area contributed by atoms with E-state index in [0.29, 0.717) is 19.4 Å². The maximum Gasteiger partial charge on any atom is 0.306 e. The molecule has 0 spiro atoms. The van der Waals surface area contributed by atoms with E-state index in [9.17, 15) is 29.4 Å². The molecule has 1 amide bonds. The molecule has 220 valence electrons. The van der Waals surface area contributed by atoms with Gasteiger partial charge in [-0.15, -0.1) is 0 Å². The molecule has 3 saturated carbocycles. The number of ketones is 2. The minimum absolute atomic E-state index is 0.0181. The minimum Gasteiger partial charge on any atom is -0.458 e. The number of ether oxygens (including phenoxy) is 1. The van der Waals surface area contributed by atoms with Gasteiger partial charge in [-0.25, -0.2) is 0 Å². The minimum atomic E-state index is -1.71. The van der Waals surface area contributed by atoms with Crippen LogP contribution in [0.4, 0.5) is 0 Å². The molecular weight excluding hydrogens is 522 g/mol. The van der Waals surface area contributed by atoms with Gasteiger partial charge in [0.2, 0.25) is 11.7 Å². The van der Waals surface area contributed by atoms with Crippen LogP contribution in [0.3, 0.4) is 0 Å². The molecule has 0 saturated heterocycles. The first-order valence-corrected chi connectivity index (χ1v) is 14.8. The molecular formula is C33H41NO7. The van der Waals surface area contributed by atoms with E-state index in [1.54, 1.807) is 12.2 Å². The molecule has 0 radical (unpaired) electrons. The smallest absolute Gasteiger partial charge is 0.306 e. The first kappa shape index (κ1) is 29.4. The number of fused-ring (bicyclic) bond motifs is 5. The topological polar surface area (TPSA) is 130 Å². The van der Waals surface area contributed by atoms with E-state index in [2.05, 4.69) is 12.2 Å². The molecule has 3 N–H and O–H groups in total. The number of amides is 1. The number of hydrogen-bond donors (Lipinski definition) is 3. The molecule has 0 heterocycles. The molecule has 1 aromatic rings. The van der Waals surface area contributed by atoms with Crippen LogP contribution in [0.25, 0.3) is 0 Å². The van der Waals surface area contributed by atoms with Gasteiger partial charge in [-0.2, -0.15) is 0 Å². The van der Waals surface area contributed by atoms with E-state index in [4.69, 9.17) is 4.74 Å². The number of carbonyl (C=O) groups excluding carboxylic acids is 4. The highest BCUT2D eigenvalue weighted by molar-refractivity contribution is 6.01. The molecule has 1 aromatic carbocycles. The molecule has 5 rings (SSSR count). The summed E-state index contributed by atoms with van der Waals surface area (Å²) in [4.78, 5) is 49.9. The second-order valence-electron chi connectivity index (χ2n) is 12.8. The quantitative estimate of drug-likeness (QED) is 0.393. The zero-order chi connectivity index (χ0) is 29.4. The SMILES string of the molecule is C[C@]12C=CC(=O)C=C1CC[C@@H]1[C@H]2[C@@H](O)C[C@@]2(C)[C@@H]1CC[C@]2(O)C(=O)COC(=O)CCC(=O)NCCc1ccccc1. The van der Waals surface area contributed by atoms with Crippen molar-refractivity contribution in [3.63, 3.8) is 0 Å². The maximum absolute atomic E-state index is 13.4. The van der Waals surface area contributed by atoms with Crippen LogP contribution in [0.5, 0.6) is 0 Å². The van der Waals surface area contributed by atoms with Gasteiger partial charge in [-0.05, 0) is 68.1 Å². The van der Waals surface area contributed by atoms with Crippen LogP contribution < -0.4 is 5.32 Å². The van der Waals surface area contributed by atoms with Gasteiger partial charge < -0.3 is 20.3 Å². The van der Waals surface area contributed by atoms with E-state index >= 15 is 0 Å². The summed E-state index contributed by atoms with van der Waals surface area (Å²) in [5.74, 6) is -1.50. The monoisotopic (exact) mass is 563 g/mol. The van der Waals surface area contributed by atoms with Gasteiger partial charge in [-0.1, -0.05) is 55.8 Å². The van der Waals surface area contributed by atoms with E-state index in [1.165, 1.54) is 0 Å². The van der Waals surface area contributed by atoms with Gasteiger partial charge >= 0.3 is 5.97 Å². The Hall–Kier alpha value is -3.10. The Kier molecular flexibility index (Phi) is 8.09. The predicted molar refractivity (Wildman–Crippen MR) is 151 cm³/mol. The van der Waals surface area contributed by atoms with Crippen LogP contribution in [0.1, 0.15) is 64.4 Å². The zero-order valence-electron chi connectivity index (χ0n) is 23.9. The van der Waals surface area contributed by atoms with Crippen LogP contribution in [0.15, 0.2) is 54.1 Å². The Morgan fingerprint density at radius 1 is 1.10 bits per heavy atom. The lowest BCUT2D eigenvalue weighted by atomic mass is 9.46. The first-order chi connectivity index (χ1) is 19.5. The van der Waals surface area contributed by atoms with Crippen LogP contribution in [-0.4, -0.2) is 58.5 Å². The molecule has 8 heteroatoms. The molecule has 4 aliphatic rings. The average molecular weight is 564 g/mol. The van der Waals surface area contributed by atoms with E-state index in [-0.39, 0.29) is 55.1 Å². The lowest BCUT2D eigenvalue weighted by Crippen LogP contribution is -2.61. The molecule has 4 aliphatic carbocycles. The number of carbonyl (C=O) groups is 4. The Bertz CT molecular complexity index is 1270. The Balaban J connectivity index is 1.15. The molecule has 0 aliphatic heterocycles. The molecule has 0 unspecified atom stereocenters. The fraction of sp³-hybridized carbons (Fsp3) is 0.576. The Labute approximate surface area is 241 Å². The highest BCUT2D eigenvalue weighted by Gasteiger charge is 2.68. The lowest BCUT2D eigenvalue weighted by Gasteiger charge is -2.59. The predicted octanol–water partition coefficient (Wildman–Crippen LogP) is 3.25. The van der Waals surface area contributed by atoms with Crippen molar-refractivity contribution < 1.29 is 34.1 Å². The first-order valence-electron chi connectivity index (χ1n) is 14.8. The van der Waals surface area contributed by atoms with Crippen LogP contribution in [0, 0.1) is 28.6 Å². The number of benzene rings is 1. The van der Waals surface area contributed by atoms with Crippen molar-refractivity contribution in [2.75, 3.05) is 13.2 Å². The second-order valence-corrected chi connectivity index (χ2v) is 12.8. The van der Waals surface area contributed by atoms with Crippen molar-refractivity contribution in [1.29, 1.82) is 0 Å². The Morgan fingerprint density at radius 3 is 2.61 bits per heavy atom. The fourth-order valence-electron chi connectivity index (χ4n) is 8.42. The molecule has 0 aromatic heterocycles. The molecule has 8 nitrogen and oxygen atoms in total. The summed E-state index contributed by atoms with van der Waals surface area (Å²) in [7, 11) is 0. The summed E-state index contributed by atoms with van der Waals surface area (Å²) < 4.78 is 5.22. The third-order valence-electron chi connectivity index (χ3n) is 10.6. The number of aliphatic hydroxyl groups excluding tert-OH is 1. The van der Waals surface area contributed by atoms with Gasteiger partial charge in [0.1, 0.15) is 5.60 Å². The fourth-order valence-corrected chi connectivity index (χ4v) is 8.42. The van der Waals surface area contributed by atoms with E-state index in [0.717, 1.165) is 24.0 Å². The van der Waals surface area contributed by atoms with E-state index < -0.39 is 40.9 Å². The molecule has 3 fully saturated rings. The number of aliphatic hydroxyl groups is 2. The van der Waals surface area contributed by atoms with Crippen LogP contribution in [0.2, 0.25) is 0 Å². The molecule has 7 atom stereocenters. The normalized spacial score (nSPS) is 35.5. The van der Waals surface area contributed by atoms with Crippen LogP contribution >= 0.6 is 0 Å². The summed E-state index contributed by atoms with van der Waals surface area (Å²) in [6, 6.07) is 9.76. The Morgan fingerprint density at radius 2 is 1.85 bits per heavy atom. The summed E-state index contributed by atoms with van der Waals surface area (Å²) in [6.45, 7) is 3.87. The number of hydrogen-bond acceptors (Lipinski definition) is 7.